The number of nitro benzene ring substituents is 1. The maximum Gasteiger partial charge on any atom is 0.274 e. The van der Waals surface area contributed by atoms with Gasteiger partial charge in [-0.15, -0.1) is 0 Å². The molecule has 1 rings (SSSR count). The summed E-state index contributed by atoms with van der Waals surface area (Å²) in [6.45, 7) is 0. The van der Waals surface area contributed by atoms with Gasteiger partial charge in [0.15, 0.2) is 0 Å². The van der Waals surface area contributed by atoms with Crippen molar-refractivity contribution in [3.05, 3.63) is 31.4 Å². The number of amides is 1. The predicted molar refractivity (Wildman–Crippen MR) is 60.9 cm³/mol. The Labute approximate surface area is 98.7 Å². The molecule has 2 N–H and O–H groups in total. The molecule has 0 saturated heterocycles. The number of primary amides is 1. The topological polar surface area (TPSA) is 95.5 Å². The molecule has 0 saturated carbocycles. The van der Waals surface area contributed by atoms with Crippen LogP contribution < -0.4 is 10.5 Å². The molecule has 0 aliphatic carbocycles. The lowest BCUT2D eigenvalue weighted by Crippen LogP contribution is -2.14. The van der Waals surface area contributed by atoms with E-state index in [0.717, 1.165) is 0 Å². The van der Waals surface area contributed by atoms with Crippen LogP contribution in [0.4, 0.5) is 5.69 Å². The molecular weight excluding hydrogens is 315 g/mol. The fourth-order valence-electron chi connectivity index (χ4n) is 1.07. The Balaban J connectivity index is 3.43. The zero-order valence-corrected chi connectivity index (χ0v) is 9.85. The van der Waals surface area contributed by atoms with E-state index in [1.54, 1.807) is 22.6 Å². The molecule has 0 heterocycles. The number of rotatable bonds is 3. The molecular formula is C8H7IN2O4. The summed E-state index contributed by atoms with van der Waals surface area (Å²) in [7, 11) is 1.32. The van der Waals surface area contributed by atoms with Crippen LogP contribution in [0.2, 0.25) is 0 Å². The Morgan fingerprint density at radius 1 is 1.60 bits per heavy atom. The number of non-ortho nitro benzene ring substituents is 1. The van der Waals surface area contributed by atoms with E-state index in [-0.39, 0.29) is 17.0 Å². The van der Waals surface area contributed by atoms with Crippen molar-refractivity contribution in [2.24, 2.45) is 5.73 Å². The van der Waals surface area contributed by atoms with E-state index in [0.29, 0.717) is 3.57 Å². The number of nitrogens with zero attached hydrogens (tertiary/aromatic N) is 1. The highest BCUT2D eigenvalue weighted by atomic mass is 127. The van der Waals surface area contributed by atoms with Gasteiger partial charge < -0.3 is 10.5 Å². The fraction of sp³-hybridized carbons (Fsp3) is 0.125. The van der Waals surface area contributed by atoms with Gasteiger partial charge in [-0.3, -0.25) is 14.9 Å². The first kappa shape index (κ1) is 11.7. The standard InChI is InChI=1S/C8H7IN2O4/c1-15-6-3-4(11(13)14)2-5(9)7(6)8(10)12/h2-3H,1H3,(H2,10,12). The van der Waals surface area contributed by atoms with Crippen LogP contribution in [0.25, 0.3) is 0 Å². The first-order valence-electron chi connectivity index (χ1n) is 3.79. The SMILES string of the molecule is COc1cc([N+](=O)[O-])cc(I)c1C(N)=O. The number of carbonyl (C=O) groups is 1. The van der Waals surface area contributed by atoms with E-state index in [4.69, 9.17) is 10.5 Å². The number of methoxy groups -OCH3 is 1. The van der Waals surface area contributed by atoms with Gasteiger partial charge in [-0.2, -0.15) is 0 Å². The van der Waals surface area contributed by atoms with Gasteiger partial charge in [0.1, 0.15) is 5.75 Å². The predicted octanol–water partition coefficient (Wildman–Crippen LogP) is 1.31. The summed E-state index contributed by atoms with van der Waals surface area (Å²) < 4.78 is 5.26. The van der Waals surface area contributed by atoms with Gasteiger partial charge in [0.2, 0.25) is 0 Å². The summed E-state index contributed by atoms with van der Waals surface area (Å²) in [6, 6.07) is 2.44. The molecule has 1 aromatic carbocycles. The monoisotopic (exact) mass is 322 g/mol. The minimum absolute atomic E-state index is 0.112. The minimum atomic E-state index is -0.675. The van der Waals surface area contributed by atoms with Crippen LogP contribution in [-0.4, -0.2) is 17.9 Å². The number of halogens is 1. The average molecular weight is 322 g/mol. The van der Waals surface area contributed by atoms with Crippen molar-refractivity contribution >= 4 is 34.2 Å². The number of nitrogens with two attached hydrogens (primary N) is 1. The Morgan fingerprint density at radius 3 is 2.60 bits per heavy atom. The molecule has 0 radical (unpaired) electrons. The van der Waals surface area contributed by atoms with Crippen LogP contribution in [0, 0.1) is 13.7 Å². The van der Waals surface area contributed by atoms with Gasteiger partial charge in [0, 0.05) is 9.64 Å². The molecule has 0 aliphatic rings. The summed E-state index contributed by atoms with van der Waals surface area (Å²) in [5, 5.41) is 10.5. The number of hydrogen-bond donors (Lipinski definition) is 1. The van der Waals surface area contributed by atoms with Crippen LogP contribution in [0.1, 0.15) is 10.4 Å². The van der Waals surface area contributed by atoms with Crippen molar-refractivity contribution < 1.29 is 14.5 Å². The highest BCUT2D eigenvalue weighted by Crippen LogP contribution is 2.29. The Hall–Kier alpha value is -1.38. The summed E-state index contributed by atoms with van der Waals surface area (Å²) in [4.78, 5) is 21.0. The highest BCUT2D eigenvalue weighted by Gasteiger charge is 2.19. The Bertz CT molecular complexity index is 433. The summed E-state index contributed by atoms with van der Waals surface area (Å²) in [6.07, 6.45) is 0. The lowest BCUT2D eigenvalue weighted by atomic mass is 10.1. The molecule has 80 valence electrons. The second-order valence-electron chi connectivity index (χ2n) is 2.63. The molecule has 0 fully saturated rings. The minimum Gasteiger partial charge on any atom is -0.496 e. The summed E-state index contributed by atoms with van der Waals surface area (Å²) in [5.41, 5.74) is 5.14. The fourth-order valence-corrected chi connectivity index (χ4v) is 1.92. The lowest BCUT2D eigenvalue weighted by molar-refractivity contribution is -0.385. The van der Waals surface area contributed by atoms with Crippen LogP contribution in [0.5, 0.6) is 5.75 Å². The lowest BCUT2D eigenvalue weighted by Gasteiger charge is -2.06. The molecule has 6 nitrogen and oxygen atoms in total. The van der Waals surface area contributed by atoms with Gasteiger partial charge in [-0.1, -0.05) is 0 Å². The molecule has 0 unspecified atom stereocenters. The third-order valence-corrected chi connectivity index (χ3v) is 2.57. The summed E-state index contributed by atoms with van der Waals surface area (Å²) >= 11 is 1.80. The van der Waals surface area contributed by atoms with Gasteiger partial charge >= 0.3 is 0 Å². The number of benzene rings is 1. The van der Waals surface area contributed by atoms with E-state index in [1.165, 1.54) is 19.2 Å². The van der Waals surface area contributed by atoms with Crippen molar-refractivity contribution in [3.8, 4) is 5.75 Å². The number of carbonyl (C=O) groups excluding carboxylic acids is 1. The molecule has 0 bridgehead atoms. The normalized spacial score (nSPS) is 9.73. The largest absolute Gasteiger partial charge is 0.496 e. The van der Waals surface area contributed by atoms with Crippen molar-refractivity contribution in [2.75, 3.05) is 7.11 Å². The maximum absolute atomic E-state index is 11.1. The molecule has 7 heteroatoms. The third-order valence-electron chi connectivity index (χ3n) is 1.72. The molecule has 15 heavy (non-hydrogen) atoms. The number of hydrogen-bond acceptors (Lipinski definition) is 4. The van der Waals surface area contributed by atoms with Crippen LogP contribution >= 0.6 is 22.6 Å². The van der Waals surface area contributed by atoms with Crippen LogP contribution in [-0.2, 0) is 0 Å². The maximum atomic E-state index is 11.1. The second-order valence-corrected chi connectivity index (χ2v) is 3.79. The van der Waals surface area contributed by atoms with Crippen LogP contribution in [0.15, 0.2) is 12.1 Å². The molecule has 0 aromatic heterocycles. The smallest absolute Gasteiger partial charge is 0.274 e. The van der Waals surface area contributed by atoms with Crippen LogP contribution in [0.3, 0.4) is 0 Å². The van der Waals surface area contributed by atoms with Gasteiger partial charge in [0.05, 0.1) is 23.7 Å². The third kappa shape index (κ3) is 2.35. The van der Waals surface area contributed by atoms with E-state index in [9.17, 15) is 14.9 Å². The van der Waals surface area contributed by atoms with E-state index in [2.05, 4.69) is 0 Å². The number of nitro groups is 1. The average Bonchev–Trinajstić information content (AvgIpc) is 2.15. The van der Waals surface area contributed by atoms with Crippen molar-refractivity contribution in [1.82, 2.24) is 0 Å². The molecule has 1 aromatic rings. The number of ether oxygens (including phenoxy) is 1. The van der Waals surface area contributed by atoms with E-state index in [1.807, 2.05) is 0 Å². The van der Waals surface area contributed by atoms with Crippen molar-refractivity contribution in [1.29, 1.82) is 0 Å². The molecule has 1 amide bonds. The van der Waals surface area contributed by atoms with Crippen molar-refractivity contribution in [2.45, 2.75) is 0 Å². The van der Waals surface area contributed by atoms with E-state index >= 15 is 0 Å². The summed E-state index contributed by atoms with van der Waals surface area (Å²) in [5.74, 6) is -0.563. The van der Waals surface area contributed by atoms with Gasteiger partial charge in [-0.05, 0) is 22.6 Å². The Morgan fingerprint density at radius 2 is 2.20 bits per heavy atom. The quantitative estimate of drug-likeness (QED) is 0.515. The second kappa shape index (κ2) is 4.43. The molecule has 0 spiro atoms. The zero-order valence-electron chi connectivity index (χ0n) is 7.69. The Kier molecular flexibility index (Phi) is 3.45. The molecule has 0 atom stereocenters. The van der Waals surface area contributed by atoms with E-state index < -0.39 is 10.8 Å². The zero-order chi connectivity index (χ0) is 11.6. The highest BCUT2D eigenvalue weighted by molar-refractivity contribution is 14.1. The first-order chi connectivity index (χ1) is 6.97. The van der Waals surface area contributed by atoms with Gasteiger partial charge in [-0.25, -0.2) is 0 Å². The van der Waals surface area contributed by atoms with Gasteiger partial charge in [0.25, 0.3) is 11.6 Å². The van der Waals surface area contributed by atoms with Crippen molar-refractivity contribution in [3.63, 3.8) is 0 Å². The molecule has 0 aliphatic heterocycles. The first-order valence-corrected chi connectivity index (χ1v) is 4.87.